The number of hydrogen-bond donors (Lipinski definition) is 2. The van der Waals surface area contributed by atoms with Crippen molar-refractivity contribution in [1.82, 2.24) is 10.3 Å². The zero-order valence-corrected chi connectivity index (χ0v) is 15.3. The van der Waals surface area contributed by atoms with Crippen molar-refractivity contribution in [3.63, 3.8) is 0 Å². The van der Waals surface area contributed by atoms with Crippen LogP contribution in [0.15, 0.2) is 30.5 Å². The molecule has 1 saturated heterocycles. The molecule has 0 saturated carbocycles. The molecule has 3 rings (SSSR count). The fourth-order valence-corrected chi connectivity index (χ4v) is 4.07. The maximum Gasteiger partial charge on any atom is 0.119 e. The van der Waals surface area contributed by atoms with Gasteiger partial charge in [0.2, 0.25) is 0 Å². The van der Waals surface area contributed by atoms with E-state index in [1.807, 2.05) is 18.3 Å². The highest BCUT2D eigenvalue weighted by atomic mass is 16.5. The molecule has 5 heteroatoms. The highest BCUT2D eigenvalue weighted by Gasteiger charge is 2.30. The Balaban J connectivity index is 1.65. The Bertz CT molecular complexity index is 771. The first-order valence-corrected chi connectivity index (χ1v) is 9.40. The van der Waals surface area contributed by atoms with Gasteiger partial charge in [-0.25, -0.2) is 0 Å². The Labute approximate surface area is 155 Å². The number of methoxy groups -OCH3 is 1. The van der Waals surface area contributed by atoms with Crippen molar-refractivity contribution in [2.45, 2.75) is 38.2 Å². The van der Waals surface area contributed by atoms with Gasteiger partial charge in [-0.15, -0.1) is 0 Å². The first-order chi connectivity index (χ1) is 12.7. The van der Waals surface area contributed by atoms with Crippen molar-refractivity contribution in [1.29, 1.82) is 5.26 Å². The van der Waals surface area contributed by atoms with Crippen molar-refractivity contribution in [2.75, 3.05) is 20.2 Å². The van der Waals surface area contributed by atoms with Crippen LogP contribution in [0.1, 0.15) is 31.2 Å². The van der Waals surface area contributed by atoms with E-state index in [9.17, 15) is 5.11 Å². The molecule has 26 heavy (non-hydrogen) atoms. The summed E-state index contributed by atoms with van der Waals surface area (Å²) in [6.07, 6.45) is 5.75. The zero-order valence-electron chi connectivity index (χ0n) is 15.3. The molecule has 0 amide bonds. The highest BCUT2D eigenvalue weighted by molar-refractivity contribution is 5.83. The molecular weight excluding hydrogens is 326 g/mol. The van der Waals surface area contributed by atoms with E-state index >= 15 is 0 Å². The van der Waals surface area contributed by atoms with Gasteiger partial charge in [-0.1, -0.05) is 0 Å². The summed E-state index contributed by atoms with van der Waals surface area (Å²) in [5.41, 5.74) is 2.28. The number of aliphatic hydroxyl groups is 1. The summed E-state index contributed by atoms with van der Waals surface area (Å²) < 4.78 is 5.35. The molecule has 1 aliphatic heterocycles. The number of nitrogens with one attached hydrogen (secondary N) is 1. The normalized spacial score (nSPS) is 21.3. The van der Waals surface area contributed by atoms with Crippen LogP contribution in [0.2, 0.25) is 0 Å². The van der Waals surface area contributed by atoms with Crippen molar-refractivity contribution < 1.29 is 9.84 Å². The SMILES string of the molecule is COc1ccc2nccc(CCC[C@@H]3CCNC[C@@H]3C(O)CC#N)c2c1. The van der Waals surface area contributed by atoms with Gasteiger partial charge < -0.3 is 15.2 Å². The van der Waals surface area contributed by atoms with E-state index in [0.717, 1.165) is 55.4 Å². The van der Waals surface area contributed by atoms with Crippen molar-refractivity contribution in [3.8, 4) is 11.8 Å². The van der Waals surface area contributed by atoms with E-state index in [1.54, 1.807) is 7.11 Å². The number of aromatic nitrogens is 1. The lowest BCUT2D eigenvalue weighted by Gasteiger charge is -2.34. The summed E-state index contributed by atoms with van der Waals surface area (Å²) in [7, 11) is 1.68. The summed E-state index contributed by atoms with van der Waals surface area (Å²) in [5.74, 6) is 1.50. The fourth-order valence-electron chi connectivity index (χ4n) is 4.07. The second-order valence-corrected chi connectivity index (χ2v) is 7.09. The molecular formula is C21H27N3O2. The molecule has 138 valence electrons. The molecule has 5 nitrogen and oxygen atoms in total. The van der Waals surface area contributed by atoms with Crippen LogP contribution < -0.4 is 10.1 Å². The average molecular weight is 353 g/mol. The predicted octanol–water partition coefficient (Wildman–Crippen LogP) is 3.07. The van der Waals surface area contributed by atoms with Crippen LogP contribution in [0.3, 0.4) is 0 Å². The number of fused-ring (bicyclic) bond motifs is 1. The number of benzene rings is 1. The Morgan fingerprint density at radius 3 is 3.12 bits per heavy atom. The van der Waals surface area contributed by atoms with E-state index < -0.39 is 6.10 Å². The van der Waals surface area contributed by atoms with E-state index in [-0.39, 0.29) is 12.3 Å². The van der Waals surface area contributed by atoms with Crippen LogP contribution in [0.4, 0.5) is 0 Å². The van der Waals surface area contributed by atoms with Gasteiger partial charge >= 0.3 is 0 Å². The summed E-state index contributed by atoms with van der Waals surface area (Å²) in [6.45, 7) is 1.80. The molecule has 1 aromatic heterocycles. The van der Waals surface area contributed by atoms with Gasteiger partial charge in [0, 0.05) is 24.0 Å². The molecule has 0 spiro atoms. The third-order valence-corrected chi connectivity index (χ3v) is 5.53. The molecule has 2 heterocycles. The second-order valence-electron chi connectivity index (χ2n) is 7.09. The molecule has 1 unspecified atom stereocenters. The summed E-state index contributed by atoms with van der Waals surface area (Å²) in [5, 5.41) is 23.7. The van der Waals surface area contributed by atoms with Gasteiger partial charge in [-0.2, -0.15) is 5.26 Å². The topological polar surface area (TPSA) is 78.2 Å². The minimum atomic E-state index is -0.524. The molecule has 0 aliphatic carbocycles. The Hall–Kier alpha value is -2.16. The molecule has 0 bridgehead atoms. The Kier molecular flexibility index (Phi) is 6.43. The predicted molar refractivity (Wildman–Crippen MR) is 102 cm³/mol. The third-order valence-electron chi connectivity index (χ3n) is 5.53. The van der Waals surface area contributed by atoms with Crippen LogP contribution in [0, 0.1) is 23.2 Å². The molecule has 1 aliphatic rings. The molecule has 2 aromatic rings. The maximum absolute atomic E-state index is 10.3. The maximum atomic E-state index is 10.3. The summed E-state index contributed by atoms with van der Waals surface area (Å²) >= 11 is 0. The van der Waals surface area contributed by atoms with Gasteiger partial charge in [0.05, 0.1) is 31.2 Å². The van der Waals surface area contributed by atoms with Crippen LogP contribution in [0.25, 0.3) is 10.9 Å². The standard InChI is InChI=1S/C21H27N3O2/c1-26-17-5-6-20-18(13-17)15(9-12-24-20)3-2-4-16-8-11-23-14-19(16)21(25)7-10-22/h5-6,9,12-13,16,19,21,23,25H,2-4,7-8,11,14H2,1H3/t16-,19+,21?/m1/s1. The number of nitrogens with zero attached hydrogens (tertiary/aromatic N) is 2. The van der Waals surface area contributed by atoms with Gasteiger partial charge in [-0.05, 0) is 68.0 Å². The Morgan fingerprint density at radius 2 is 2.31 bits per heavy atom. The van der Waals surface area contributed by atoms with Crippen molar-refractivity contribution >= 4 is 10.9 Å². The largest absolute Gasteiger partial charge is 0.497 e. The summed E-state index contributed by atoms with van der Waals surface area (Å²) in [4.78, 5) is 4.44. The van der Waals surface area contributed by atoms with Gasteiger partial charge in [0.1, 0.15) is 5.75 Å². The van der Waals surface area contributed by atoms with E-state index in [0.29, 0.717) is 5.92 Å². The smallest absolute Gasteiger partial charge is 0.119 e. The average Bonchev–Trinajstić information content (AvgIpc) is 2.68. The number of hydrogen-bond acceptors (Lipinski definition) is 5. The lowest BCUT2D eigenvalue weighted by atomic mass is 9.78. The van der Waals surface area contributed by atoms with Crippen molar-refractivity contribution in [3.05, 3.63) is 36.0 Å². The number of nitriles is 1. The quantitative estimate of drug-likeness (QED) is 0.800. The van der Waals surface area contributed by atoms with Gasteiger partial charge in [0.25, 0.3) is 0 Å². The number of aliphatic hydroxyl groups excluding tert-OH is 1. The van der Waals surface area contributed by atoms with Crippen LogP contribution in [-0.2, 0) is 6.42 Å². The molecule has 0 radical (unpaired) electrons. The molecule has 1 fully saturated rings. The third kappa shape index (κ3) is 4.32. The van der Waals surface area contributed by atoms with Crippen LogP contribution >= 0.6 is 0 Å². The first kappa shape index (κ1) is 18.6. The van der Waals surface area contributed by atoms with E-state index in [1.165, 1.54) is 5.56 Å². The zero-order chi connectivity index (χ0) is 18.4. The molecule has 3 atom stereocenters. The number of ether oxygens (including phenoxy) is 1. The molecule has 1 aromatic carbocycles. The molecule has 2 N–H and O–H groups in total. The number of piperidine rings is 1. The second kappa shape index (κ2) is 8.98. The van der Waals surface area contributed by atoms with Gasteiger partial charge in [0.15, 0.2) is 0 Å². The van der Waals surface area contributed by atoms with E-state index in [2.05, 4.69) is 28.5 Å². The Morgan fingerprint density at radius 1 is 1.42 bits per heavy atom. The number of rotatable bonds is 7. The summed E-state index contributed by atoms with van der Waals surface area (Å²) in [6, 6.07) is 10.2. The van der Waals surface area contributed by atoms with Gasteiger partial charge in [-0.3, -0.25) is 4.98 Å². The minimum absolute atomic E-state index is 0.178. The van der Waals surface area contributed by atoms with Crippen molar-refractivity contribution in [2.24, 2.45) is 11.8 Å². The van der Waals surface area contributed by atoms with Crippen LogP contribution in [0.5, 0.6) is 5.75 Å². The fraction of sp³-hybridized carbons (Fsp3) is 0.524. The lowest BCUT2D eigenvalue weighted by molar-refractivity contribution is 0.0556. The van der Waals surface area contributed by atoms with Crippen LogP contribution in [-0.4, -0.2) is 36.4 Å². The highest BCUT2D eigenvalue weighted by Crippen LogP contribution is 2.30. The first-order valence-electron chi connectivity index (χ1n) is 9.40. The number of pyridine rings is 1. The monoisotopic (exact) mass is 353 g/mol. The number of aryl methyl sites for hydroxylation is 1. The van der Waals surface area contributed by atoms with E-state index in [4.69, 9.17) is 10.00 Å². The minimum Gasteiger partial charge on any atom is -0.497 e. The lowest BCUT2D eigenvalue weighted by Crippen LogP contribution is -2.42.